The van der Waals surface area contributed by atoms with Crippen molar-refractivity contribution in [3.05, 3.63) is 34.6 Å². The van der Waals surface area contributed by atoms with E-state index < -0.39 is 5.82 Å². The standard InChI is InChI=1S/C15H21ClFN3O/c1-19-5-6-20(2)13(10-19)9-18-15(21)7-11-3-4-12(17)8-14(11)16/h3-4,8,13H,5-7,9-10H2,1-2H3,(H,18,21)/t13-/m1/s1. The Balaban J connectivity index is 1.84. The zero-order valence-electron chi connectivity index (χ0n) is 12.4. The summed E-state index contributed by atoms with van der Waals surface area (Å²) in [5.74, 6) is -0.485. The summed E-state index contributed by atoms with van der Waals surface area (Å²) in [5, 5.41) is 3.23. The van der Waals surface area contributed by atoms with Crippen molar-refractivity contribution in [2.45, 2.75) is 12.5 Å². The Bertz CT molecular complexity index is 512. The molecule has 2 rings (SSSR count). The fraction of sp³-hybridized carbons (Fsp3) is 0.533. The van der Waals surface area contributed by atoms with Crippen molar-refractivity contribution < 1.29 is 9.18 Å². The highest BCUT2D eigenvalue weighted by Crippen LogP contribution is 2.17. The lowest BCUT2D eigenvalue weighted by atomic mass is 10.1. The van der Waals surface area contributed by atoms with Crippen LogP contribution in [0.5, 0.6) is 0 Å². The van der Waals surface area contributed by atoms with Gasteiger partial charge in [0.15, 0.2) is 0 Å². The number of rotatable bonds is 4. The number of halogens is 2. The maximum absolute atomic E-state index is 13.0. The lowest BCUT2D eigenvalue weighted by Gasteiger charge is -2.37. The molecular weight excluding hydrogens is 293 g/mol. The molecule has 1 fully saturated rings. The number of piperazine rings is 1. The first-order valence-corrected chi connectivity index (χ1v) is 7.43. The van der Waals surface area contributed by atoms with Gasteiger partial charge in [-0.3, -0.25) is 9.69 Å². The SMILES string of the molecule is CN1CCN(C)[C@H](CNC(=O)Cc2ccc(F)cc2Cl)C1. The lowest BCUT2D eigenvalue weighted by molar-refractivity contribution is -0.120. The smallest absolute Gasteiger partial charge is 0.224 e. The summed E-state index contributed by atoms with van der Waals surface area (Å²) in [6.45, 7) is 3.60. The summed E-state index contributed by atoms with van der Waals surface area (Å²) >= 11 is 5.93. The number of hydrogen-bond donors (Lipinski definition) is 1. The van der Waals surface area contributed by atoms with Gasteiger partial charge in [0.05, 0.1) is 6.42 Å². The molecule has 1 aromatic rings. The average molecular weight is 314 g/mol. The second-order valence-corrected chi connectivity index (χ2v) is 6.02. The van der Waals surface area contributed by atoms with Gasteiger partial charge in [0.2, 0.25) is 5.91 Å². The maximum atomic E-state index is 13.0. The third-order valence-corrected chi connectivity index (χ3v) is 4.23. The van der Waals surface area contributed by atoms with E-state index >= 15 is 0 Å². The van der Waals surface area contributed by atoms with Gasteiger partial charge < -0.3 is 10.2 Å². The highest BCUT2D eigenvalue weighted by Gasteiger charge is 2.22. The summed E-state index contributed by atoms with van der Waals surface area (Å²) < 4.78 is 13.0. The summed E-state index contributed by atoms with van der Waals surface area (Å²) in [7, 11) is 4.15. The highest BCUT2D eigenvalue weighted by molar-refractivity contribution is 6.31. The number of carbonyl (C=O) groups is 1. The highest BCUT2D eigenvalue weighted by atomic mass is 35.5. The Morgan fingerprint density at radius 2 is 2.19 bits per heavy atom. The van der Waals surface area contributed by atoms with Gasteiger partial charge in [-0.1, -0.05) is 17.7 Å². The molecule has 0 aliphatic carbocycles. The van der Waals surface area contributed by atoms with E-state index in [4.69, 9.17) is 11.6 Å². The van der Waals surface area contributed by atoms with Crippen molar-refractivity contribution in [3.63, 3.8) is 0 Å². The van der Waals surface area contributed by atoms with Gasteiger partial charge in [-0.05, 0) is 31.8 Å². The topological polar surface area (TPSA) is 35.6 Å². The van der Waals surface area contributed by atoms with Crippen molar-refractivity contribution in [2.24, 2.45) is 0 Å². The number of hydrogen-bond acceptors (Lipinski definition) is 3. The summed E-state index contributed by atoms with van der Waals surface area (Å²) in [4.78, 5) is 16.5. The fourth-order valence-electron chi connectivity index (χ4n) is 2.45. The minimum absolute atomic E-state index is 0.0925. The molecule has 1 amide bonds. The Labute approximate surface area is 129 Å². The Kier molecular flexibility index (Phi) is 5.56. The monoisotopic (exact) mass is 313 g/mol. The molecule has 1 aromatic carbocycles. The second kappa shape index (κ2) is 7.20. The molecule has 116 valence electrons. The van der Waals surface area contributed by atoms with E-state index in [1.54, 1.807) is 6.07 Å². The number of nitrogens with zero attached hydrogens (tertiary/aromatic N) is 2. The number of likely N-dealkylation sites (N-methyl/N-ethyl adjacent to an activating group) is 2. The zero-order chi connectivity index (χ0) is 15.4. The van der Waals surface area contributed by atoms with Crippen LogP contribution in [0.3, 0.4) is 0 Å². The van der Waals surface area contributed by atoms with E-state index in [0.29, 0.717) is 23.2 Å². The molecule has 1 saturated heterocycles. The van der Waals surface area contributed by atoms with Crippen molar-refractivity contribution >= 4 is 17.5 Å². The first-order valence-electron chi connectivity index (χ1n) is 7.05. The van der Waals surface area contributed by atoms with Crippen LogP contribution in [0.1, 0.15) is 5.56 Å². The Hall–Kier alpha value is -1.17. The minimum atomic E-state index is -0.393. The lowest BCUT2D eigenvalue weighted by Crippen LogP contribution is -2.54. The summed E-state index contributed by atoms with van der Waals surface area (Å²) in [6.07, 6.45) is 0.172. The quantitative estimate of drug-likeness (QED) is 0.912. The van der Waals surface area contributed by atoms with Gasteiger partial charge in [-0.15, -0.1) is 0 Å². The maximum Gasteiger partial charge on any atom is 0.224 e. The molecule has 0 bridgehead atoms. The Morgan fingerprint density at radius 3 is 2.90 bits per heavy atom. The predicted molar refractivity (Wildman–Crippen MR) is 82.0 cm³/mol. The van der Waals surface area contributed by atoms with Crippen molar-refractivity contribution in [1.82, 2.24) is 15.1 Å². The first-order chi connectivity index (χ1) is 9.95. The molecule has 0 unspecified atom stereocenters. The number of benzene rings is 1. The fourth-order valence-corrected chi connectivity index (χ4v) is 2.69. The molecule has 4 nitrogen and oxygen atoms in total. The van der Waals surface area contributed by atoms with Gasteiger partial charge in [0.1, 0.15) is 5.82 Å². The van der Waals surface area contributed by atoms with Crippen LogP contribution in [-0.4, -0.2) is 62.0 Å². The number of carbonyl (C=O) groups excluding carboxylic acids is 1. The van der Waals surface area contributed by atoms with E-state index in [9.17, 15) is 9.18 Å². The van der Waals surface area contributed by atoms with E-state index in [-0.39, 0.29) is 12.3 Å². The Morgan fingerprint density at radius 1 is 1.43 bits per heavy atom. The normalized spacial score (nSPS) is 20.5. The molecular formula is C15H21ClFN3O. The van der Waals surface area contributed by atoms with Gasteiger partial charge in [0, 0.05) is 37.2 Å². The van der Waals surface area contributed by atoms with Gasteiger partial charge in [0.25, 0.3) is 0 Å². The molecule has 0 saturated carbocycles. The summed E-state index contributed by atoms with van der Waals surface area (Å²) in [6, 6.07) is 4.42. The van der Waals surface area contributed by atoms with E-state index in [1.165, 1.54) is 12.1 Å². The largest absolute Gasteiger partial charge is 0.354 e. The minimum Gasteiger partial charge on any atom is -0.354 e. The van der Waals surface area contributed by atoms with Crippen molar-refractivity contribution in [2.75, 3.05) is 40.3 Å². The van der Waals surface area contributed by atoms with Gasteiger partial charge >= 0.3 is 0 Å². The zero-order valence-corrected chi connectivity index (χ0v) is 13.2. The van der Waals surface area contributed by atoms with Gasteiger partial charge in [-0.25, -0.2) is 4.39 Å². The molecule has 1 atom stereocenters. The van der Waals surface area contributed by atoms with Crippen LogP contribution >= 0.6 is 11.6 Å². The molecule has 0 spiro atoms. The van der Waals surface area contributed by atoms with Crippen LogP contribution in [0.4, 0.5) is 4.39 Å². The van der Waals surface area contributed by atoms with Gasteiger partial charge in [-0.2, -0.15) is 0 Å². The summed E-state index contributed by atoms with van der Waals surface area (Å²) in [5.41, 5.74) is 0.643. The van der Waals surface area contributed by atoms with Crippen molar-refractivity contribution in [1.29, 1.82) is 0 Å². The molecule has 1 aliphatic rings. The van der Waals surface area contributed by atoms with E-state index in [2.05, 4.69) is 29.2 Å². The van der Waals surface area contributed by atoms with Crippen LogP contribution in [0.2, 0.25) is 5.02 Å². The predicted octanol–water partition coefficient (Wildman–Crippen LogP) is 1.38. The molecule has 6 heteroatoms. The first kappa shape index (κ1) is 16.2. The molecule has 1 heterocycles. The third kappa shape index (κ3) is 4.66. The second-order valence-electron chi connectivity index (χ2n) is 5.61. The molecule has 1 N–H and O–H groups in total. The van der Waals surface area contributed by atoms with Crippen LogP contribution < -0.4 is 5.32 Å². The van der Waals surface area contributed by atoms with Crippen LogP contribution in [0.25, 0.3) is 0 Å². The van der Waals surface area contributed by atoms with Crippen LogP contribution in [0.15, 0.2) is 18.2 Å². The van der Waals surface area contributed by atoms with Crippen LogP contribution in [0, 0.1) is 5.82 Å². The molecule has 21 heavy (non-hydrogen) atoms. The average Bonchev–Trinajstić information content (AvgIpc) is 2.43. The van der Waals surface area contributed by atoms with E-state index in [1.807, 2.05) is 0 Å². The van der Waals surface area contributed by atoms with Crippen molar-refractivity contribution in [3.8, 4) is 0 Å². The molecule has 0 aromatic heterocycles. The molecule has 0 radical (unpaired) electrons. The molecule has 1 aliphatic heterocycles. The van der Waals surface area contributed by atoms with Crippen LogP contribution in [-0.2, 0) is 11.2 Å². The van der Waals surface area contributed by atoms with E-state index in [0.717, 1.165) is 19.6 Å². The number of amides is 1. The number of nitrogens with one attached hydrogen (secondary N) is 1. The third-order valence-electron chi connectivity index (χ3n) is 3.88.